The van der Waals surface area contributed by atoms with Crippen LogP contribution in [0.5, 0.6) is 0 Å². The molecule has 2 saturated heterocycles. The van der Waals surface area contributed by atoms with Gasteiger partial charge in [-0.3, -0.25) is 19.7 Å². The van der Waals surface area contributed by atoms with Crippen molar-refractivity contribution in [3.8, 4) is 0 Å². The minimum Gasteiger partial charge on any atom is -0.366 e. The minimum atomic E-state index is -0.362. The zero-order valence-electron chi connectivity index (χ0n) is 18.3. The molecule has 2 unspecified atom stereocenters. The van der Waals surface area contributed by atoms with Crippen LogP contribution in [0.25, 0.3) is 0 Å². The lowest BCUT2D eigenvalue weighted by atomic mass is 9.69. The van der Waals surface area contributed by atoms with Crippen LogP contribution in [0.2, 0.25) is 0 Å². The number of fused-ring (bicyclic) bond motifs is 8. The second-order valence-electron chi connectivity index (χ2n) is 9.55. The van der Waals surface area contributed by atoms with Crippen molar-refractivity contribution in [2.75, 3.05) is 36.0 Å². The van der Waals surface area contributed by atoms with E-state index in [4.69, 9.17) is 0 Å². The fourth-order valence-corrected chi connectivity index (χ4v) is 7.36. The minimum absolute atomic E-state index is 0.00228. The SMILES string of the molecule is O=C([C@@H]1Cc2cc([N+](=O)[O-])ccc2N2CC3CC(Cn4c3cccc4=O)[C@@H]12)N1CCSCC1. The smallest absolute Gasteiger partial charge is 0.269 e. The fourth-order valence-electron chi connectivity index (χ4n) is 6.46. The molecule has 4 aliphatic heterocycles. The molecule has 2 bridgehead atoms. The number of nitro benzene ring substituents is 1. The van der Waals surface area contributed by atoms with Gasteiger partial charge in [0.15, 0.2) is 0 Å². The normalized spacial score (nSPS) is 27.9. The van der Waals surface area contributed by atoms with Crippen molar-refractivity contribution < 1.29 is 9.72 Å². The highest BCUT2D eigenvalue weighted by atomic mass is 32.2. The summed E-state index contributed by atoms with van der Waals surface area (Å²) >= 11 is 1.87. The molecular weight excluding hydrogens is 440 g/mol. The third-order valence-electron chi connectivity index (χ3n) is 7.84. The number of pyridine rings is 1. The van der Waals surface area contributed by atoms with Crippen molar-refractivity contribution in [2.45, 2.75) is 31.3 Å². The summed E-state index contributed by atoms with van der Waals surface area (Å²) in [6, 6.07) is 10.6. The molecule has 5 heterocycles. The number of carbonyl (C=O) groups excluding carboxylic acids is 1. The molecule has 8 nitrogen and oxygen atoms in total. The van der Waals surface area contributed by atoms with Gasteiger partial charge in [-0.05, 0) is 36.5 Å². The van der Waals surface area contributed by atoms with E-state index in [2.05, 4.69) is 4.90 Å². The summed E-state index contributed by atoms with van der Waals surface area (Å²) < 4.78 is 1.90. The summed E-state index contributed by atoms with van der Waals surface area (Å²) in [5.41, 5.74) is 3.04. The number of anilines is 1. The number of rotatable bonds is 2. The first-order chi connectivity index (χ1) is 16.0. The van der Waals surface area contributed by atoms with Crippen LogP contribution in [0.15, 0.2) is 41.2 Å². The summed E-state index contributed by atoms with van der Waals surface area (Å²) in [5, 5.41) is 11.4. The predicted molar refractivity (Wildman–Crippen MR) is 127 cm³/mol. The molecule has 0 saturated carbocycles. The summed E-state index contributed by atoms with van der Waals surface area (Å²) in [6.45, 7) is 2.85. The topological polar surface area (TPSA) is 88.7 Å². The molecule has 9 heteroatoms. The molecule has 1 amide bonds. The van der Waals surface area contributed by atoms with Crippen LogP contribution in [0.3, 0.4) is 0 Å². The molecule has 6 rings (SSSR count). The summed E-state index contributed by atoms with van der Waals surface area (Å²) in [6.07, 6.45) is 1.48. The monoisotopic (exact) mass is 466 g/mol. The first-order valence-electron chi connectivity index (χ1n) is 11.6. The number of piperidine rings is 1. The molecule has 4 aliphatic rings. The van der Waals surface area contributed by atoms with Crippen molar-refractivity contribution in [2.24, 2.45) is 11.8 Å². The highest BCUT2D eigenvalue weighted by molar-refractivity contribution is 7.99. The number of nitrogens with zero attached hydrogens (tertiary/aromatic N) is 4. The second kappa shape index (κ2) is 7.90. The van der Waals surface area contributed by atoms with E-state index in [1.165, 1.54) is 0 Å². The summed E-state index contributed by atoms with van der Waals surface area (Å²) in [7, 11) is 0. The highest BCUT2D eigenvalue weighted by Gasteiger charge is 2.50. The van der Waals surface area contributed by atoms with E-state index in [1.807, 2.05) is 39.4 Å². The van der Waals surface area contributed by atoms with E-state index in [1.54, 1.807) is 18.2 Å². The van der Waals surface area contributed by atoms with Gasteiger partial charge in [-0.1, -0.05) is 6.07 Å². The number of hydrogen-bond acceptors (Lipinski definition) is 6. The average Bonchev–Trinajstić information content (AvgIpc) is 2.84. The van der Waals surface area contributed by atoms with E-state index >= 15 is 0 Å². The van der Waals surface area contributed by atoms with Crippen LogP contribution >= 0.6 is 11.8 Å². The molecule has 2 aromatic rings. The van der Waals surface area contributed by atoms with Crippen molar-refractivity contribution >= 4 is 29.0 Å². The maximum atomic E-state index is 13.8. The van der Waals surface area contributed by atoms with E-state index in [-0.39, 0.29) is 45.9 Å². The Kier molecular flexibility index (Phi) is 4.97. The van der Waals surface area contributed by atoms with Gasteiger partial charge in [-0.25, -0.2) is 0 Å². The fraction of sp³-hybridized carbons (Fsp3) is 0.500. The van der Waals surface area contributed by atoms with Crippen LogP contribution < -0.4 is 10.5 Å². The number of carbonyl (C=O) groups is 1. The Labute approximate surface area is 195 Å². The average molecular weight is 467 g/mol. The number of thioether (sulfide) groups is 1. The lowest BCUT2D eigenvalue weighted by Crippen LogP contribution is -2.61. The molecule has 0 N–H and O–H groups in total. The van der Waals surface area contributed by atoms with E-state index in [0.29, 0.717) is 13.0 Å². The molecule has 0 spiro atoms. The molecule has 4 atom stereocenters. The Balaban J connectivity index is 1.44. The van der Waals surface area contributed by atoms with Crippen molar-refractivity contribution in [1.29, 1.82) is 0 Å². The van der Waals surface area contributed by atoms with Gasteiger partial charge in [-0.15, -0.1) is 0 Å². The number of benzene rings is 1. The van der Waals surface area contributed by atoms with Crippen LogP contribution in [0, 0.1) is 22.0 Å². The van der Waals surface area contributed by atoms with Crippen LogP contribution in [0.4, 0.5) is 11.4 Å². The third kappa shape index (κ3) is 3.36. The van der Waals surface area contributed by atoms with Crippen molar-refractivity contribution in [1.82, 2.24) is 9.47 Å². The summed E-state index contributed by atoms with van der Waals surface area (Å²) in [5.74, 6) is 2.19. The maximum Gasteiger partial charge on any atom is 0.269 e. The van der Waals surface area contributed by atoms with Crippen LogP contribution in [-0.4, -0.2) is 57.5 Å². The number of nitro groups is 1. The molecule has 33 heavy (non-hydrogen) atoms. The lowest BCUT2D eigenvalue weighted by Gasteiger charge is -2.54. The van der Waals surface area contributed by atoms with E-state index < -0.39 is 0 Å². The van der Waals surface area contributed by atoms with Crippen LogP contribution in [-0.2, 0) is 17.8 Å². The third-order valence-corrected chi connectivity index (χ3v) is 8.78. The number of non-ortho nitro benzene ring substituents is 1. The molecular formula is C24H26N4O4S. The summed E-state index contributed by atoms with van der Waals surface area (Å²) in [4.78, 5) is 41.8. The lowest BCUT2D eigenvalue weighted by molar-refractivity contribution is -0.384. The molecule has 1 aromatic heterocycles. The molecule has 0 radical (unpaired) electrons. The van der Waals surface area contributed by atoms with Crippen LogP contribution in [0.1, 0.15) is 23.6 Å². The van der Waals surface area contributed by atoms with Gasteiger partial charge in [0.2, 0.25) is 5.91 Å². The second-order valence-corrected chi connectivity index (χ2v) is 10.8. The molecule has 1 aromatic carbocycles. The van der Waals surface area contributed by atoms with Gasteiger partial charge in [0.1, 0.15) is 0 Å². The van der Waals surface area contributed by atoms with E-state index in [0.717, 1.165) is 54.5 Å². The Hall–Kier alpha value is -2.81. The maximum absolute atomic E-state index is 13.8. The first-order valence-corrected chi connectivity index (χ1v) is 12.8. The molecule has 172 valence electrons. The zero-order valence-corrected chi connectivity index (χ0v) is 19.1. The number of aromatic nitrogens is 1. The quantitative estimate of drug-likeness (QED) is 0.499. The van der Waals surface area contributed by atoms with E-state index in [9.17, 15) is 19.7 Å². The number of amides is 1. The van der Waals surface area contributed by atoms with Gasteiger partial charge in [0.05, 0.1) is 10.8 Å². The highest BCUT2D eigenvalue weighted by Crippen LogP contribution is 2.48. The number of hydrogen-bond donors (Lipinski definition) is 0. The Morgan fingerprint density at radius 3 is 2.73 bits per heavy atom. The molecule has 0 aliphatic carbocycles. The van der Waals surface area contributed by atoms with Gasteiger partial charge in [0.25, 0.3) is 11.2 Å². The zero-order chi connectivity index (χ0) is 22.7. The molecule has 2 fully saturated rings. The van der Waals surface area contributed by atoms with Gasteiger partial charge in [0, 0.05) is 79.2 Å². The predicted octanol–water partition coefficient (Wildman–Crippen LogP) is 2.50. The largest absolute Gasteiger partial charge is 0.366 e. The first kappa shape index (κ1) is 20.8. The van der Waals surface area contributed by atoms with Gasteiger partial charge in [-0.2, -0.15) is 11.8 Å². The Bertz CT molecular complexity index is 1190. The Morgan fingerprint density at radius 2 is 1.94 bits per heavy atom. The van der Waals surface area contributed by atoms with Crippen molar-refractivity contribution in [3.63, 3.8) is 0 Å². The van der Waals surface area contributed by atoms with Gasteiger partial charge < -0.3 is 14.4 Å². The standard InChI is InChI=1S/C24H26N4O4S/c29-22-3-1-2-20-16-10-17(14-26(20)22)23-19(24(30)25-6-8-33-9-7-25)12-15-11-18(28(31)32)4-5-21(15)27(23)13-16/h1-5,11,16-17,19,23H,6-10,12-14H2/t16?,17?,19-,23+/m1/s1. The van der Waals surface area contributed by atoms with Gasteiger partial charge >= 0.3 is 0 Å². The van der Waals surface area contributed by atoms with Crippen molar-refractivity contribution in [3.05, 3.63) is 68.1 Å². The Morgan fingerprint density at radius 1 is 1.12 bits per heavy atom.